The summed E-state index contributed by atoms with van der Waals surface area (Å²) >= 11 is -3.64. The Morgan fingerprint density at radius 3 is 1.19 bits per heavy atom. The topological polar surface area (TPSA) is 19.6 Å². The van der Waals surface area contributed by atoms with Gasteiger partial charge >= 0.3 is 320 Å². The molecule has 4 heteroatoms. The van der Waals surface area contributed by atoms with Crippen LogP contribution in [0.25, 0.3) is 22.3 Å². The van der Waals surface area contributed by atoms with Crippen LogP contribution in [0.2, 0.25) is 0 Å². The molecule has 2 heterocycles. The van der Waals surface area contributed by atoms with E-state index in [1.165, 1.54) is 28.5 Å². The molecule has 10 rings (SSSR count). The molecule has 0 spiro atoms. The number of hydrogen-bond donors (Lipinski definition) is 0. The molecule has 54 heavy (non-hydrogen) atoms. The fraction of sp³-hybridized carbons (Fsp3) is 0. The summed E-state index contributed by atoms with van der Waals surface area (Å²) in [6.07, 6.45) is 0. The Balaban J connectivity index is 1.25. The van der Waals surface area contributed by atoms with Crippen molar-refractivity contribution in [2.24, 2.45) is 0 Å². The second kappa shape index (κ2) is 13.5. The molecule has 8 aromatic carbocycles. The van der Waals surface area contributed by atoms with Crippen molar-refractivity contribution in [2.45, 2.75) is 0 Å². The zero-order valence-corrected chi connectivity index (χ0v) is 31.7. The second-order valence-corrected chi connectivity index (χ2v) is 21.5. The molecule has 0 N–H and O–H groups in total. The third-order valence-electron chi connectivity index (χ3n) is 10.7. The fourth-order valence-electron chi connectivity index (χ4n) is 8.45. The predicted molar refractivity (Wildman–Crippen MR) is 228 cm³/mol. The molecule has 0 unspecified atom stereocenters. The maximum absolute atomic E-state index is 7.25. The van der Waals surface area contributed by atoms with Crippen molar-refractivity contribution in [1.82, 2.24) is 0 Å². The van der Waals surface area contributed by atoms with Crippen LogP contribution in [-0.2, 0) is 0 Å². The second-order valence-electron chi connectivity index (χ2n) is 13.7. The van der Waals surface area contributed by atoms with E-state index in [1.807, 2.05) is 0 Å². The third kappa shape index (κ3) is 5.20. The van der Waals surface area contributed by atoms with Gasteiger partial charge in [-0.05, 0) is 0 Å². The van der Waals surface area contributed by atoms with E-state index in [9.17, 15) is 0 Å². The van der Waals surface area contributed by atoms with E-state index in [4.69, 9.17) is 4.42 Å². The van der Waals surface area contributed by atoms with Gasteiger partial charge in [-0.3, -0.25) is 0 Å². The SMILES string of the molecule is c1ccc(N(c2ccccc2)c2cc[c]3c(c2)-c2oc4cc(N(c5ccccc5)c5ccccc5)ccc4[c]2[Ge]3([c]2ccccc2)[c]2ccccc2)cc1. The summed E-state index contributed by atoms with van der Waals surface area (Å²) in [6.45, 7) is 0. The van der Waals surface area contributed by atoms with Crippen LogP contribution < -0.4 is 27.4 Å². The molecule has 1 aliphatic heterocycles. The first-order valence-corrected chi connectivity index (χ1v) is 22.6. The van der Waals surface area contributed by atoms with Crippen molar-refractivity contribution >= 4 is 75.9 Å². The number of para-hydroxylation sites is 4. The molecule has 256 valence electrons. The number of nitrogens with zero attached hydrogens (tertiary/aromatic N) is 2. The first kappa shape index (κ1) is 32.1. The van der Waals surface area contributed by atoms with Crippen LogP contribution in [0.4, 0.5) is 34.1 Å². The van der Waals surface area contributed by atoms with E-state index in [-0.39, 0.29) is 0 Å². The minimum atomic E-state index is -3.64. The van der Waals surface area contributed by atoms with Crippen LogP contribution in [0.5, 0.6) is 0 Å². The summed E-state index contributed by atoms with van der Waals surface area (Å²) in [5.74, 6) is 0.985. The number of benzene rings is 8. The molecule has 0 aliphatic carbocycles. The molecule has 9 aromatic rings. The van der Waals surface area contributed by atoms with Gasteiger partial charge in [0.2, 0.25) is 0 Å². The summed E-state index contributed by atoms with van der Waals surface area (Å²) in [5, 5.41) is 1.18. The quantitative estimate of drug-likeness (QED) is 0.144. The summed E-state index contributed by atoms with van der Waals surface area (Å²) in [4.78, 5) is 4.65. The minimum absolute atomic E-state index is 0.898. The van der Waals surface area contributed by atoms with Crippen LogP contribution in [0.3, 0.4) is 0 Å². The molecule has 0 bridgehead atoms. The van der Waals surface area contributed by atoms with Gasteiger partial charge < -0.3 is 0 Å². The van der Waals surface area contributed by atoms with Gasteiger partial charge in [0.25, 0.3) is 0 Å². The normalized spacial score (nSPS) is 12.6. The molecule has 3 nitrogen and oxygen atoms in total. The molecular weight excluding hydrogens is 717 g/mol. The molecular formula is C50H36GeN2O. The standard InChI is InChI=1S/C50H36GeN2O/c1-7-19-37(20-8-1)51(38-21-9-2-10-22-38)47-34-32-43(52(39-23-11-3-12-24-39)40-25-13-4-14-26-40)35-46(47)50-49(51)45-33-31-44(36-48(45)54-50)53(41-27-15-5-16-28-41)42-29-17-6-18-30-42/h1-36H. The van der Waals surface area contributed by atoms with Gasteiger partial charge in [-0.1, -0.05) is 0 Å². The number of furan rings is 1. The Morgan fingerprint density at radius 1 is 0.352 bits per heavy atom. The summed E-state index contributed by atoms with van der Waals surface area (Å²) in [6, 6.07) is 78.7. The van der Waals surface area contributed by atoms with E-state index < -0.39 is 13.3 Å². The first-order chi connectivity index (χ1) is 26.8. The first-order valence-electron chi connectivity index (χ1n) is 18.4. The number of anilines is 6. The molecule has 0 atom stereocenters. The number of rotatable bonds is 8. The van der Waals surface area contributed by atoms with Crippen LogP contribution in [0, 0.1) is 0 Å². The van der Waals surface area contributed by atoms with Gasteiger partial charge in [0, 0.05) is 0 Å². The Labute approximate surface area is 318 Å². The maximum atomic E-state index is 7.25. The zero-order valence-electron chi connectivity index (χ0n) is 29.6. The van der Waals surface area contributed by atoms with Crippen LogP contribution >= 0.6 is 0 Å². The Kier molecular flexibility index (Phi) is 8.00. The van der Waals surface area contributed by atoms with Crippen molar-refractivity contribution in [3.63, 3.8) is 0 Å². The van der Waals surface area contributed by atoms with Crippen molar-refractivity contribution in [3.05, 3.63) is 218 Å². The molecule has 0 amide bonds. The van der Waals surface area contributed by atoms with Crippen molar-refractivity contribution in [1.29, 1.82) is 0 Å². The molecule has 0 saturated heterocycles. The van der Waals surface area contributed by atoms with Gasteiger partial charge in [-0.25, -0.2) is 0 Å². The molecule has 0 saturated carbocycles. The van der Waals surface area contributed by atoms with Crippen LogP contribution in [-0.4, -0.2) is 13.3 Å². The average molecular weight is 753 g/mol. The Hall–Kier alpha value is -6.56. The Bertz CT molecular complexity index is 2580. The van der Waals surface area contributed by atoms with Gasteiger partial charge in [0.05, 0.1) is 0 Å². The van der Waals surface area contributed by atoms with E-state index in [2.05, 4.69) is 228 Å². The van der Waals surface area contributed by atoms with Crippen molar-refractivity contribution < 1.29 is 4.42 Å². The van der Waals surface area contributed by atoms with Gasteiger partial charge in [-0.15, -0.1) is 0 Å². The van der Waals surface area contributed by atoms with Gasteiger partial charge in [0.1, 0.15) is 0 Å². The van der Waals surface area contributed by atoms with Crippen molar-refractivity contribution in [3.8, 4) is 11.3 Å². The molecule has 1 aliphatic rings. The number of fused-ring (bicyclic) bond motifs is 5. The van der Waals surface area contributed by atoms with Gasteiger partial charge in [0.15, 0.2) is 0 Å². The third-order valence-corrected chi connectivity index (χ3v) is 20.9. The monoisotopic (exact) mass is 754 g/mol. The van der Waals surface area contributed by atoms with E-state index in [1.54, 1.807) is 0 Å². The van der Waals surface area contributed by atoms with Crippen LogP contribution in [0.15, 0.2) is 223 Å². The van der Waals surface area contributed by atoms with Crippen LogP contribution in [0.1, 0.15) is 0 Å². The van der Waals surface area contributed by atoms with E-state index in [0.29, 0.717) is 0 Å². The van der Waals surface area contributed by atoms with E-state index >= 15 is 0 Å². The summed E-state index contributed by atoms with van der Waals surface area (Å²) in [7, 11) is 0. The fourth-order valence-corrected chi connectivity index (χ4v) is 19.5. The molecule has 0 radical (unpaired) electrons. The average Bonchev–Trinajstić information content (AvgIpc) is 3.76. The number of hydrogen-bond acceptors (Lipinski definition) is 3. The molecule has 0 fully saturated rings. The zero-order chi connectivity index (χ0) is 35.9. The molecule has 1 aromatic heterocycles. The summed E-state index contributed by atoms with van der Waals surface area (Å²) < 4.78 is 12.8. The van der Waals surface area contributed by atoms with Crippen molar-refractivity contribution in [2.75, 3.05) is 9.80 Å². The predicted octanol–water partition coefficient (Wildman–Crippen LogP) is 10.7. The Morgan fingerprint density at radius 2 is 0.741 bits per heavy atom. The van der Waals surface area contributed by atoms with E-state index in [0.717, 1.165) is 45.5 Å². The van der Waals surface area contributed by atoms with Gasteiger partial charge in [-0.2, -0.15) is 0 Å². The summed E-state index contributed by atoms with van der Waals surface area (Å²) in [5.41, 5.74) is 8.63.